The van der Waals surface area contributed by atoms with E-state index in [2.05, 4.69) is 39.5 Å². The first kappa shape index (κ1) is 53.5. The van der Waals surface area contributed by atoms with Crippen LogP contribution in [0.4, 0.5) is 0 Å². The molecule has 7 rings (SSSR count). The number of carbonyl (C=O) groups is 6. The Hall–Kier alpha value is -9.42. The molecule has 12 nitrogen and oxygen atoms in total. The van der Waals surface area contributed by atoms with E-state index in [-0.39, 0.29) is 0 Å². The van der Waals surface area contributed by atoms with Crippen molar-refractivity contribution in [1.29, 1.82) is 0 Å². The summed E-state index contributed by atoms with van der Waals surface area (Å²) in [7, 11) is 0. The molecule has 0 heterocycles. The smallest absolute Gasteiger partial charge is 0.338 e. The third kappa shape index (κ3) is 15.0. The number of esters is 6. The van der Waals surface area contributed by atoms with Gasteiger partial charge in [-0.2, -0.15) is 0 Å². The second-order valence-electron chi connectivity index (χ2n) is 16.6. The van der Waals surface area contributed by atoms with Gasteiger partial charge in [0.05, 0.1) is 0 Å². The van der Waals surface area contributed by atoms with E-state index in [0.29, 0.717) is 67.9 Å². The SMILES string of the molecule is C=C(C)C(=O)Oc1ccc(-c2ccc(OC(=O)C(=C)C)cc2)cc1.C=C(C)C(=O)Oc1ccc2c(ccc3cc(OC(=O)C(=C)C)ccc32)c1.C=C(C)C(=O)Oc1ccc2cc(OC(=O)C(=C)C)ccc2c1. The second-order valence-corrected chi connectivity index (χ2v) is 16.6. The summed E-state index contributed by atoms with van der Waals surface area (Å²) >= 11 is 0. The average Bonchev–Trinajstić information content (AvgIpc) is 3.34. The highest BCUT2D eigenvalue weighted by atomic mass is 16.6. The minimum absolute atomic E-state index is 0.335. The molecular weight excluding hydrogens is 913 g/mol. The Balaban J connectivity index is 0.000000201. The molecule has 0 bridgehead atoms. The van der Waals surface area contributed by atoms with Crippen LogP contribution < -0.4 is 28.4 Å². The Bertz CT molecular complexity index is 3130. The Kier molecular flexibility index (Phi) is 18.0. The highest BCUT2D eigenvalue weighted by Gasteiger charge is 2.13. The highest BCUT2D eigenvalue weighted by molar-refractivity contribution is 6.08. The zero-order chi connectivity index (χ0) is 52.8. The predicted molar refractivity (Wildman–Crippen MR) is 280 cm³/mol. The lowest BCUT2D eigenvalue weighted by Gasteiger charge is -2.09. The van der Waals surface area contributed by atoms with Gasteiger partial charge in [-0.3, -0.25) is 0 Å². The molecule has 0 saturated carbocycles. The minimum atomic E-state index is -0.466. The number of hydrogen-bond acceptors (Lipinski definition) is 12. The number of carbonyl (C=O) groups excluding carboxylic acids is 6. The maximum Gasteiger partial charge on any atom is 0.338 e. The maximum absolute atomic E-state index is 11.7. The van der Waals surface area contributed by atoms with Crippen LogP contribution in [-0.4, -0.2) is 35.8 Å². The molecule has 0 aliphatic carbocycles. The highest BCUT2D eigenvalue weighted by Crippen LogP contribution is 2.32. The molecule has 0 unspecified atom stereocenters. The number of ether oxygens (including phenoxy) is 6. The van der Waals surface area contributed by atoms with Crippen molar-refractivity contribution in [2.24, 2.45) is 0 Å². The molecule has 72 heavy (non-hydrogen) atoms. The summed E-state index contributed by atoms with van der Waals surface area (Å²) in [6, 6.07) is 39.4. The Labute approximate surface area is 417 Å². The number of fused-ring (bicyclic) bond motifs is 4. The van der Waals surface area contributed by atoms with Crippen LogP contribution in [0.25, 0.3) is 43.4 Å². The van der Waals surface area contributed by atoms with Crippen LogP contribution in [0.1, 0.15) is 41.5 Å². The Morgan fingerprint density at radius 2 is 0.458 bits per heavy atom. The standard InChI is InChI=1S/C22H18O4.C20H18O4.C18H16O4/c1-13(2)21(23)25-17-7-9-19-15(11-17)5-6-16-12-18(8-10-20(16)19)26-22(24)14(3)4;1-13(2)19(21)23-17-9-5-15(6-10-17)16-7-11-18(12-8-16)24-20(22)14(3)4;1-11(2)17(19)21-15-7-5-14-10-16(8-6-13(14)9-15)22-18(20)12(3)4/h5-12H,1,3H2,2,4H3;5-12H,1,3H2,2,4H3;5-10H,1,3H2,2,4H3. The third-order valence-electron chi connectivity index (χ3n) is 9.96. The summed E-state index contributed by atoms with van der Waals surface area (Å²) in [5.41, 5.74) is 3.95. The lowest BCUT2D eigenvalue weighted by atomic mass is 10.0. The van der Waals surface area contributed by atoms with Gasteiger partial charge in [-0.1, -0.05) is 100 Å². The Morgan fingerprint density at radius 1 is 0.264 bits per heavy atom. The molecule has 0 aromatic heterocycles. The fraction of sp³-hybridized carbons (Fsp3) is 0.100. The summed E-state index contributed by atoms with van der Waals surface area (Å²) in [4.78, 5) is 69.3. The molecule has 0 saturated heterocycles. The summed E-state index contributed by atoms with van der Waals surface area (Å²) < 4.78 is 31.2. The molecule has 7 aromatic carbocycles. The van der Waals surface area contributed by atoms with Crippen molar-refractivity contribution in [2.45, 2.75) is 41.5 Å². The molecule has 0 atom stereocenters. The molecule has 7 aromatic rings. The van der Waals surface area contributed by atoms with Gasteiger partial charge >= 0.3 is 35.8 Å². The zero-order valence-corrected chi connectivity index (χ0v) is 40.8. The van der Waals surface area contributed by atoms with Crippen LogP contribution >= 0.6 is 0 Å². The van der Waals surface area contributed by atoms with Gasteiger partial charge in [-0.15, -0.1) is 0 Å². The monoisotopic (exact) mass is 964 g/mol. The molecule has 0 fully saturated rings. The van der Waals surface area contributed by atoms with E-state index >= 15 is 0 Å². The molecule has 12 heteroatoms. The van der Waals surface area contributed by atoms with Crippen LogP contribution in [-0.2, 0) is 28.8 Å². The summed E-state index contributed by atoms with van der Waals surface area (Å²) in [6.07, 6.45) is 0. The molecular formula is C60H52O12. The maximum atomic E-state index is 11.7. The minimum Gasteiger partial charge on any atom is -0.423 e. The van der Waals surface area contributed by atoms with Crippen LogP contribution in [0.15, 0.2) is 206 Å². The lowest BCUT2D eigenvalue weighted by molar-refractivity contribution is -0.130. The van der Waals surface area contributed by atoms with Crippen molar-refractivity contribution in [2.75, 3.05) is 0 Å². The average molecular weight is 965 g/mol. The van der Waals surface area contributed by atoms with Gasteiger partial charge in [0.25, 0.3) is 0 Å². The fourth-order valence-electron chi connectivity index (χ4n) is 6.08. The number of rotatable bonds is 13. The largest absolute Gasteiger partial charge is 0.423 e. The van der Waals surface area contributed by atoms with Crippen LogP contribution in [0, 0.1) is 0 Å². The van der Waals surface area contributed by atoms with Gasteiger partial charge in [-0.05, 0) is 158 Å². The van der Waals surface area contributed by atoms with E-state index in [1.54, 1.807) is 114 Å². The van der Waals surface area contributed by atoms with Crippen LogP contribution in [0.3, 0.4) is 0 Å². The molecule has 0 radical (unpaired) electrons. The molecule has 0 spiro atoms. The molecule has 0 amide bonds. The first-order chi connectivity index (χ1) is 34.1. The molecule has 0 N–H and O–H groups in total. The van der Waals surface area contributed by atoms with Gasteiger partial charge < -0.3 is 28.4 Å². The van der Waals surface area contributed by atoms with E-state index in [1.807, 2.05) is 60.7 Å². The van der Waals surface area contributed by atoms with E-state index in [0.717, 1.165) is 43.4 Å². The van der Waals surface area contributed by atoms with Gasteiger partial charge in [0.2, 0.25) is 0 Å². The van der Waals surface area contributed by atoms with Crippen molar-refractivity contribution in [3.63, 3.8) is 0 Å². The first-order valence-electron chi connectivity index (χ1n) is 22.1. The molecule has 0 aliphatic heterocycles. The topological polar surface area (TPSA) is 158 Å². The fourth-order valence-corrected chi connectivity index (χ4v) is 6.08. The first-order valence-corrected chi connectivity index (χ1v) is 22.1. The molecule has 364 valence electrons. The number of benzene rings is 7. The summed E-state index contributed by atoms with van der Waals surface area (Å²) in [5.74, 6) is -0.00982. The number of hydrogen-bond donors (Lipinski definition) is 0. The van der Waals surface area contributed by atoms with Gasteiger partial charge in [-0.25, -0.2) is 28.8 Å². The predicted octanol–water partition coefficient (Wildman–Crippen LogP) is 13.1. The van der Waals surface area contributed by atoms with E-state index in [1.165, 1.54) is 0 Å². The quantitative estimate of drug-likeness (QED) is 0.0467. The van der Waals surface area contributed by atoms with Crippen molar-refractivity contribution in [3.8, 4) is 45.6 Å². The summed E-state index contributed by atoms with van der Waals surface area (Å²) in [5, 5.41) is 5.63. The van der Waals surface area contributed by atoms with E-state index < -0.39 is 35.8 Å². The zero-order valence-electron chi connectivity index (χ0n) is 40.8. The Morgan fingerprint density at radius 3 is 0.708 bits per heavy atom. The van der Waals surface area contributed by atoms with Crippen molar-refractivity contribution in [3.05, 3.63) is 206 Å². The van der Waals surface area contributed by atoms with E-state index in [4.69, 9.17) is 28.4 Å². The molecule has 0 aliphatic rings. The summed E-state index contributed by atoms with van der Waals surface area (Å²) in [6.45, 7) is 30.9. The van der Waals surface area contributed by atoms with Crippen LogP contribution in [0.5, 0.6) is 34.5 Å². The van der Waals surface area contributed by atoms with Gasteiger partial charge in [0, 0.05) is 33.4 Å². The van der Waals surface area contributed by atoms with Gasteiger partial charge in [0.15, 0.2) is 0 Å². The van der Waals surface area contributed by atoms with Crippen LogP contribution in [0.2, 0.25) is 0 Å². The third-order valence-corrected chi connectivity index (χ3v) is 9.96. The lowest BCUT2D eigenvalue weighted by Crippen LogP contribution is -2.08. The van der Waals surface area contributed by atoms with E-state index in [9.17, 15) is 28.8 Å². The second kappa shape index (κ2) is 24.2. The van der Waals surface area contributed by atoms with Gasteiger partial charge in [0.1, 0.15) is 34.5 Å². The normalized spacial score (nSPS) is 10.2. The van der Waals surface area contributed by atoms with Crippen molar-refractivity contribution in [1.82, 2.24) is 0 Å². The van der Waals surface area contributed by atoms with Crippen molar-refractivity contribution >= 4 is 68.1 Å². The van der Waals surface area contributed by atoms with Crippen molar-refractivity contribution < 1.29 is 57.2 Å².